The summed E-state index contributed by atoms with van der Waals surface area (Å²) >= 11 is 0. The molecule has 132 valence electrons. The fourth-order valence-electron chi connectivity index (χ4n) is 3.46. The average molecular weight is 349 g/mol. The van der Waals surface area contributed by atoms with Crippen LogP contribution in [0.25, 0.3) is 10.8 Å². The topological polar surface area (TPSA) is 84.0 Å². The van der Waals surface area contributed by atoms with Crippen molar-refractivity contribution in [2.24, 2.45) is 0 Å². The van der Waals surface area contributed by atoms with Crippen LogP contribution >= 0.6 is 0 Å². The number of H-pyrrole nitrogens is 1. The van der Waals surface area contributed by atoms with Crippen molar-refractivity contribution >= 4 is 16.7 Å². The molecule has 1 fully saturated rings. The molecular weight excluding hydrogens is 330 g/mol. The quantitative estimate of drug-likeness (QED) is 0.751. The van der Waals surface area contributed by atoms with Crippen LogP contribution in [0.1, 0.15) is 23.5 Å². The number of aryl methyl sites for hydroxylation is 1. The lowest BCUT2D eigenvalue weighted by Gasteiger charge is -2.09. The van der Waals surface area contributed by atoms with Gasteiger partial charge in [0.15, 0.2) is 0 Å². The second-order valence-corrected chi connectivity index (χ2v) is 6.75. The van der Waals surface area contributed by atoms with Crippen molar-refractivity contribution in [2.75, 3.05) is 0 Å². The van der Waals surface area contributed by atoms with Crippen LogP contribution in [0.4, 0.5) is 0 Å². The molecule has 0 aliphatic heterocycles. The Morgan fingerprint density at radius 1 is 1.12 bits per heavy atom. The van der Waals surface area contributed by atoms with E-state index in [1.54, 1.807) is 24.3 Å². The summed E-state index contributed by atoms with van der Waals surface area (Å²) < 4.78 is 1.07. The molecule has 0 spiro atoms. The zero-order chi connectivity index (χ0) is 18.3. The highest BCUT2D eigenvalue weighted by molar-refractivity contribution is 5.81. The maximum atomic E-state index is 12.5. The summed E-state index contributed by atoms with van der Waals surface area (Å²) in [6.07, 6.45) is 0.889. The fraction of sp³-hybridized carbons (Fsp3) is 0.250. The van der Waals surface area contributed by atoms with E-state index < -0.39 is 0 Å². The lowest BCUT2D eigenvalue weighted by Crippen LogP contribution is -2.37. The van der Waals surface area contributed by atoms with Crippen molar-refractivity contribution in [1.82, 2.24) is 15.1 Å². The molecule has 6 nitrogen and oxygen atoms in total. The molecule has 2 aromatic carbocycles. The van der Waals surface area contributed by atoms with Gasteiger partial charge in [-0.2, -0.15) is 0 Å². The predicted octanol–water partition coefficient (Wildman–Crippen LogP) is 1.67. The number of carbonyl (C=O) groups is 1. The van der Waals surface area contributed by atoms with Gasteiger partial charge in [0, 0.05) is 12.0 Å². The minimum atomic E-state index is -0.378. The van der Waals surface area contributed by atoms with E-state index in [2.05, 4.69) is 29.5 Å². The van der Waals surface area contributed by atoms with Crippen LogP contribution in [0.5, 0.6) is 0 Å². The van der Waals surface area contributed by atoms with Gasteiger partial charge in [-0.3, -0.25) is 19.5 Å². The van der Waals surface area contributed by atoms with Gasteiger partial charge in [0.1, 0.15) is 6.54 Å². The van der Waals surface area contributed by atoms with Crippen molar-refractivity contribution in [1.29, 1.82) is 0 Å². The first-order valence-corrected chi connectivity index (χ1v) is 8.61. The van der Waals surface area contributed by atoms with Crippen molar-refractivity contribution in [3.8, 4) is 0 Å². The van der Waals surface area contributed by atoms with Crippen molar-refractivity contribution in [3.63, 3.8) is 0 Å². The van der Waals surface area contributed by atoms with Crippen LogP contribution in [-0.2, 0) is 11.3 Å². The summed E-state index contributed by atoms with van der Waals surface area (Å²) in [5.74, 6) is 0.0339. The first-order chi connectivity index (χ1) is 12.5. The number of hydrogen-bond donors (Lipinski definition) is 2. The smallest absolute Gasteiger partial charge is 0.273 e. The zero-order valence-electron chi connectivity index (χ0n) is 14.4. The molecule has 1 saturated carbocycles. The number of aromatic amines is 1. The third-order valence-corrected chi connectivity index (χ3v) is 4.91. The minimum absolute atomic E-state index is 0.0754. The molecule has 3 aromatic rings. The number of amides is 1. The number of nitrogens with one attached hydrogen (secondary N) is 2. The summed E-state index contributed by atoms with van der Waals surface area (Å²) in [5, 5.41) is 6.08. The van der Waals surface area contributed by atoms with E-state index in [0.717, 1.165) is 11.1 Å². The molecule has 2 atom stereocenters. The Morgan fingerprint density at radius 2 is 1.81 bits per heavy atom. The monoisotopic (exact) mass is 349 g/mol. The largest absolute Gasteiger partial charge is 0.351 e. The fourth-order valence-corrected chi connectivity index (χ4v) is 3.46. The van der Waals surface area contributed by atoms with Crippen LogP contribution in [0.2, 0.25) is 0 Å². The van der Waals surface area contributed by atoms with E-state index >= 15 is 0 Å². The molecule has 4 rings (SSSR count). The Labute approximate surface area is 149 Å². The number of carbonyl (C=O) groups excluding carboxylic acids is 1. The van der Waals surface area contributed by atoms with Gasteiger partial charge in [0.05, 0.1) is 10.8 Å². The molecule has 0 radical (unpaired) electrons. The average Bonchev–Trinajstić information content (AvgIpc) is 3.38. The predicted molar refractivity (Wildman–Crippen MR) is 99.3 cm³/mol. The van der Waals surface area contributed by atoms with Gasteiger partial charge < -0.3 is 5.32 Å². The van der Waals surface area contributed by atoms with Crippen molar-refractivity contribution in [2.45, 2.75) is 31.8 Å². The van der Waals surface area contributed by atoms with Crippen molar-refractivity contribution in [3.05, 3.63) is 80.4 Å². The number of hydrogen-bond acceptors (Lipinski definition) is 3. The van der Waals surface area contributed by atoms with Gasteiger partial charge in [0.25, 0.3) is 11.1 Å². The van der Waals surface area contributed by atoms with Crippen LogP contribution in [0.3, 0.4) is 0 Å². The van der Waals surface area contributed by atoms with Crippen LogP contribution in [0.15, 0.2) is 58.1 Å². The third kappa shape index (κ3) is 2.94. The molecule has 6 heteroatoms. The summed E-state index contributed by atoms with van der Waals surface area (Å²) in [6, 6.07) is 14.8. The normalized spacial score (nSPS) is 18.7. The molecular formula is C20H19N3O3. The Bertz CT molecular complexity index is 1110. The molecule has 26 heavy (non-hydrogen) atoms. The molecule has 1 heterocycles. The van der Waals surface area contributed by atoms with Crippen LogP contribution < -0.4 is 16.4 Å². The second-order valence-electron chi connectivity index (χ2n) is 6.75. The van der Waals surface area contributed by atoms with Gasteiger partial charge >= 0.3 is 0 Å². The van der Waals surface area contributed by atoms with Crippen molar-refractivity contribution < 1.29 is 4.79 Å². The lowest BCUT2D eigenvalue weighted by atomic mass is 10.0. The number of nitrogens with zero attached hydrogens (tertiary/aromatic N) is 1. The summed E-state index contributed by atoms with van der Waals surface area (Å²) in [6.45, 7) is 1.86. The molecule has 0 bridgehead atoms. The molecule has 1 aromatic heterocycles. The molecule has 1 aliphatic rings. The van der Waals surface area contributed by atoms with E-state index in [1.165, 1.54) is 11.1 Å². The maximum absolute atomic E-state index is 12.5. The Morgan fingerprint density at radius 3 is 2.58 bits per heavy atom. The minimum Gasteiger partial charge on any atom is -0.351 e. The summed E-state index contributed by atoms with van der Waals surface area (Å²) in [7, 11) is 0. The van der Waals surface area contributed by atoms with Crippen LogP contribution in [0, 0.1) is 6.92 Å². The number of fused-ring (bicyclic) bond motifs is 1. The lowest BCUT2D eigenvalue weighted by molar-refractivity contribution is -0.122. The molecule has 1 amide bonds. The molecule has 1 aliphatic carbocycles. The highest BCUT2D eigenvalue weighted by Gasteiger charge is 2.40. The van der Waals surface area contributed by atoms with E-state index in [1.807, 2.05) is 12.1 Å². The zero-order valence-corrected chi connectivity index (χ0v) is 14.4. The van der Waals surface area contributed by atoms with Gasteiger partial charge in [-0.15, -0.1) is 0 Å². The van der Waals surface area contributed by atoms with E-state index in [0.29, 0.717) is 16.7 Å². The second kappa shape index (κ2) is 6.29. The first-order valence-electron chi connectivity index (χ1n) is 8.61. The van der Waals surface area contributed by atoms with Gasteiger partial charge in [-0.25, -0.2) is 4.68 Å². The number of benzene rings is 2. The molecule has 0 saturated heterocycles. The van der Waals surface area contributed by atoms with E-state index in [9.17, 15) is 14.4 Å². The van der Waals surface area contributed by atoms with E-state index in [-0.39, 0.29) is 29.6 Å². The first kappa shape index (κ1) is 16.3. The standard InChI is InChI=1S/C20H19N3O3/c1-12-6-2-3-7-13(12)16-10-17(16)21-18(24)11-23-20(26)15-9-5-4-8-14(15)19(25)22-23/h2-9,16-17H,10-11H2,1H3,(H,21,24)(H,22,25)/t16-,17+/m0/s1. The number of rotatable bonds is 4. The maximum Gasteiger partial charge on any atom is 0.273 e. The Balaban J connectivity index is 1.49. The molecule has 2 N–H and O–H groups in total. The van der Waals surface area contributed by atoms with Gasteiger partial charge in [-0.1, -0.05) is 36.4 Å². The highest BCUT2D eigenvalue weighted by atomic mass is 16.2. The molecule has 0 unspecified atom stereocenters. The number of aromatic nitrogens is 2. The van der Waals surface area contributed by atoms with Gasteiger partial charge in [-0.05, 0) is 36.6 Å². The Kier molecular flexibility index (Phi) is 3.95. The summed E-state index contributed by atoms with van der Waals surface area (Å²) in [5.41, 5.74) is 1.71. The summed E-state index contributed by atoms with van der Waals surface area (Å²) in [4.78, 5) is 36.9. The van der Waals surface area contributed by atoms with Crippen LogP contribution in [-0.4, -0.2) is 21.7 Å². The van der Waals surface area contributed by atoms with Gasteiger partial charge in [0.2, 0.25) is 5.91 Å². The van der Waals surface area contributed by atoms with E-state index in [4.69, 9.17) is 0 Å². The third-order valence-electron chi connectivity index (χ3n) is 4.91. The Hall–Kier alpha value is -3.15. The SMILES string of the molecule is Cc1ccccc1[C@@H]1C[C@H]1NC(=O)Cn1[nH]c(=O)c2ccccc2c1=O. The highest BCUT2D eigenvalue weighted by Crippen LogP contribution is 2.42.